The Morgan fingerprint density at radius 3 is 2.24 bits per heavy atom. The van der Waals surface area contributed by atoms with Crippen LogP contribution >= 0.6 is 0 Å². The largest absolute Gasteiger partial charge is 0.481 e. The van der Waals surface area contributed by atoms with Crippen molar-refractivity contribution in [1.82, 2.24) is 0 Å². The third-order valence-electron chi connectivity index (χ3n) is 8.58. The average Bonchev–Trinajstić information content (AvgIpc) is 3.72. The molecule has 0 aliphatic carbocycles. The maximum absolute atomic E-state index is 12.3. The van der Waals surface area contributed by atoms with Crippen LogP contribution in [0.2, 0.25) is 0 Å². The number of carboxylic acids is 1. The van der Waals surface area contributed by atoms with E-state index in [1.165, 1.54) is 12.2 Å². The number of aliphatic hydroxyl groups is 5. The van der Waals surface area contributed by atoms with Crippen LogP contribution in [-0.4, -0.2) is 138 Å². The molecule has 14 N–H and O–H groups in total. The van der Waals surface area contributed by atoms with Crippen LogP contribution in [0, 0.1) is 5.92 Å². The zero-order valence-electron chi connectivity index (χ0n) is 27.9. The van der Waals surface area contributed by atoms with Gasteiger partial charge in [0.1, 0.15) is 24.2 Å². The van der Waals surface area contributed by atoms with Crippen LogP contribution in [0.3, 0.4) is 0 Å². The highest BCUT2D eigenvalue weighted by molar-refractivity contribution is 5.82. The Morgan fingerprint density at radius 1 is 0.900 bits per heavy atom. The van der Waals surface area contributed by atoms with Crippen molar-refractivity contribution in [2.75, 3.05) is 0 Å². The minimum atomic E-state index is -2.10. The fourth-order valence-corrected chi connectivity index (χ4v) is 6.00. The summed E-state index contributed by atoms with van der Waals surface area (Å²) in [6.45, 7) is 3.34. The summed E-state index contributed by atoms with van der Waals surface area (Å²) in [5, 5.41) is 63.9. The van der Waals surface area contributed by atoms with Gasteiger partial charge in [-0.2, -0.15) is 0 Å². The molecule has 0 amide bonds. The number of esters is 1. The van der Waals surface area contributed by atoms with Crippen molar-refractivity contribution in [3.05, 3.63) is 60.8 Å². The summed E-state index contributed by atoms with van der Waals surface area (Å²) in [4.78, 5) is 24.4. The number of carboxylic acid groups (broad SMARTS) is 1. The van der Waals surface area contributed by atoms with Gasteiger partial charge < -0.3 is 76.5 Å². The summed E-state index contributed by atoms with van der Waals surface area (Å²) in [6, 6.07) is -1.08. The molecule has 4 aliphatic heterocycles. The van der Waals surface area contributed by atoms with Crippen LogP contribution < -0.4 is 5.73 Å². The van der Waals surface area contributed by atoms with Crippen molar-refractivity contribution < 1.29 is 80.3 Å². The maximum atomic E-state index is 12.3. The lowest BCUT2D eigenvalue weighted by molar-refractivity contribution is -0.308. The number of allylic oxidation sites excluding steroid dienone is 6. The third kappa shape index (κ3) is 12.7. The number of ether oxygens (including phenoxy) is 5. The van der Waals surface area contributed by atoms with Crippen molar-refractivity contribution in [2.45, 2.75) is 125 Å². The standard InChI is InChI=1S/C33H47NO13.3H2O/c1-18-10-8-6-4-3-5-7-9-11-21(45-32-30(39)28(34)29(38)19(2)44-32)15-25-27(31(40)41)22(36)17-33(42,47-25)16-20(35)14-24-23(46-24)12-13-26(37)43-18;;;/h3-9,11-13,18-25,27-30,32,35-36,38-39,42H,10,14-17,34H2,1-2H3,(H,40,41);3*1H2/b4-3+,7-5+,8-6+,11-9+,13-12+;;;/t18-,19-,20+,21+,22+,23-,24-,25+,27-,28+,29-,30+,32+,33-;;;/m1.../s1. The van der Waals surface area contributed by atoms with E-state index in [0.29, 0.717) is 6.42 Å². The number of nitrogens with two attached hydrogens (primary N) is 1. The molecule has 0 spiro atoms. The van der Waals surface area contributed by atoms with Crippen LogP contribution in [-0.2, 0) is 33.3 Å². The Labute approximate surface area is 289 Å². The molecule has 3 fully saturated rings. The van der Waals surface area contributed by atoms with Crippen LogP contribution in [0.1, 0.15) is 46.0 Å². The van der Waals surface area contributed by atoms with E-state index in [1.807, 2.05) is 6.08 Å². The zero-order valence-corrected chi connectivity index (χ0v) is 27.9. The lowest BCUT2D eigenvalue weighted by atomic mass is 9.83. The van der Waals surface area contributed by atoms with Crippen molar-refractivity contribution >= 4 is 11.9 Å². The first kappa shape index (κ1) is 45.1. The normalized spacial score (nSPS) is 44.4. The number of carbonyl (C=O) groups is 2. The molecule has 0 radical (unpaired) electrons. The fraction of sp³-hybridized carbons (Fsp3) is 0.636. The lowest BCUT2D eigenvalue weighted by Gasteiger charge is -2.45. The van der Waals surface area contributed by atoms with Gasteiger partial charge in [-0.1, -0.05) is 48.6 Å². The first-order valence-corrected chi connectivity index (χ1v) is 15.9. The number of carbonyl (C=O) groups excluding carboxylic acids is 1. The number of rotatable bonds is 3. The van der Waals surface area contributed by atoms with E-state index in [9.17, 15) is 40.2 Å². The molecule has 4 aliphatic rings. The van der Waals surface area contributed by atoms with E-state index in [1.54, 1.807) is 56.4 Å². The second-order valence-electron chi connectivity index (χ2n) is 12.6. The Hall–Kier alpha value is -2.88. The second-order valence-corrected chi connectivity index (χ2v) is 12.6. The van der Waals surface area contributed by atoms with E-state index in [4.69, 9.17) is 29.4 Å². The molecule has 17 nitrogen and oxygen atoms in total. The highest BCUT2D eigenvalue weighted by atomic mass is 16.7. The summed E-state index contributed by atoms with van der Waals surface area (Å²) < 4.78 is 28.5. The minimum Gasteiger partial charge on any atom is -0.481 e. The Balaban J connectivity index is 0.00000417. The van der Waals surface area contributed by atoms with Crippen molar-refractivity contribution in [3.8, 4) is 0 Å². The van der Waals surface area contributed by atoms with Crippen LogP contribution in [0.25, 0.3) is 0 Å². The molecule has 0 unspecified atom stereocenters. The average molecular weight is 720 g/mol. The quantitative estimate of drug-likeness (QED) is 0.119. The van der Waals surface area contributed by atoms with Gasteiger partial charge in [-0.05, 0) is 19.9 Å². The Morgan fingerprint density at radius 2 is 1.56 bits per heavy atom. The number of hydrogen-bond donors (Lipinski definition) is 7. The van der Waals surface area contributed by atoms with E-state index >= 15 is 0 Å². The van der Waals surface area contributed by atoms with Gasteiger partial charge in [-0.25, -0.2) is 4.79 Å². The third-order valence-corrected chi connectivity index (χ3v) is 8.58. The van der Waals surface area contributed by atoms with Crippen molar-refractivity contribution in [1.29, 1.82) is 0 Å². The molecule has 0 aromatic rings. The molecular weight excluding hydrogens is 666 g/mol. The number of hydrogen-bond acceptors (Lipinski definition) is 13. The van der Waals surface area contributed by atoms with Gasteiger partial charge in [0.15, 0.2) is 12.1 Å². The van der Waals surface area contributed by atoms with Crippen LogP contribution in [0.4, 0.5) is 0 Å². The SMILES string of the molecule is C[C@@H]1C/C=C/C=C/C=C/C=C/[C@H](O[C@@H]2O[C@H](C)[C@@H](O)[C@H](N)[C@@H]2O)C[C@@H]2O[C@](O)(C[C@@H](O)C[C@H]3O[C@@H]3/C=C/C(=O)O1)C[C@H](O)[C@H]2C(=O)O.O.O.O. The second kappa shape index (κ2) is 20.2. The van der Waals surface area contributed by atoms with Gasteiger partial charge >= 0.3 is 11.9 Å². The van der Waals surface area contributed by atoms with Crippen molar-refractivity contribution in [3.63, 3.8) is 0 Å². The molecule has 14 atom stereocenters. The predicted molar refractivity (Wildman–Crippen MR) is 176 cm³/mol. The zero-order chi connectivity index (χ0) is 34.3. The van der Waals surface area contributed by atoms with E-state index < -0.39 is 97.3 Å². The molecule has 0 aromatic carbocycles. The molecule has 286 valence electrons. The van der Waals surface area contributed by atoms with Gasteiger partial charge in [-0.3, -0.25) is 4.79 Å². The minimum absolute atomic E-state index is 0. The van der Waals surface area contributed by atoms with Gasteiger partial charge in [0.05, 0.1) is 48.8 Å². The number of fused-ring (bicyclic) bond motifs is 3. The van der Waals surface area contributed by atoms with E-state index in [-0.39, 0.29) is 41.8 Å². The monoisotopic (exact) mass is 719 g/mol. The van der Waals surface area contributed by atoms with E-state index in [0.717, 1.165) is 0 Å². The molecule has 4 heterocycles. The molecule has 0 saturated carbocycles. The summed E-state index contributed by atoms with van der Waals surface area (Å²) in [6.07, 6.45) is 5.25. The van der Waals surface area contributed by atoms with Gasteiger partial charge in [0.25, 0.3) is 0 Å². The lowest BCUT2D eigenvalue weighted by Crippen LogP contribution is -2.61. The molecule has 2 bridgehead atoms. The van der Waals surface area contributed by atoms with Gasteiger partial charge in [0, 0.05) is 38.2 Å². The van der Waals surface area contributed by atoms with E-state index in [2.05, 4.69) is 0 Å². The number of aliphatic hydroxyl groups excluding tert-OH is 4. The summed E-state index contributed by atoms with van der Waals surface area (Å²) in [7, 11) is 0. The van der Waals surface area contributed by atoms with Crippen LogP contribution in [0.15, 0.2) is 60.8 Å². The van der Waals surface area contributed by atoms with Crippen LogP contribution in [0.5, 0.6) is 0 Å². The Kier molecular flexibility index (Phi) is 18.3. The molecule has 4 rings (SSSR count). The highest BCUT2D eigenvalue weighted by Gasteiger charge is 2.51. The first-order chi connectivity index (χ1) is 22.3. The summed E-state index contributed by atoms with van der Waals surface area (Å²) in [5.74, 6) is -5.45. The van der Waals surface area contributed by atoms with Gasteiger partial charge in [-0.15, -0.1) is 0 Å². The van der Waals surface area contributed by atoms with Crippen molar-refractivity contribution in [2.24, 2.45) is 11.7 Å². The fourth-order valence-electron chi connectivity index (χ4n) is 6.00. The topological polar surface area (TPSA) is 325 Å². The number of aliphatic carboxylic acids is 1. The van der Waals surface area contributed by atoms with Gasteiger partial charge in [0.2, 0.25) is 0 Å². The molecule has 17 heteroatoms. The predicted octanol–water partition coefficient (Wildman–Crippen LogP) is -2.35. The number of cyclic esters (lactones) is 1. The summed E-state index contributed by atoms with van der Waals surface area (Å²) >= 11 is 0. The highest BCUT2D eigenvalue weighted by Crippen LogP contribution is 2.39. The molecular formula is C33H53NO16. The smallest absolute Gasteiger partial charge is 0.330 e. The maximum Gasteiger partial charge on any atom is 0.330 e. The Bertz CT molecular complexity index is 1220. The first-order valence-electron chi connectivity index (χ1n) is 15.9. The molecule has 3 saturated heterocycles. The number of epoxide rings is 1. The summed E-state index contributed by atoms with van der Waals surface area (Å²) in [5.41, 5.74) is 5.98. The molecule has 50 heavy (non-hydrogen) atoms. The molecule has 0 aromatic heterocycles.